The second-order valence-corrected chi connectivity index (χ2v) is 8.62. The van der Waals surface area contributed by atoms with E-state index in [1.165, 1.54) is 11.1 Å². The van der Waals surface area contributed by atoms with Crippen molar-refractivity contribution in [2.24, 2.45) is 0 Å². The molecule has 1 aliphatic heterocycles. The summed E-state index contributed by atoms with van der Waals surface area (Å²) in [6.45, 7) is 6.40. The highest BCUT2D eigenvalue weighted by Gasteiger charge is 2.20. The summed E-state index contributed by atoms with van der Waals surface area (Å²) < 4.78 is 5.72. The lowest BCUT2D eigenvalue weighted by atomic mass is 9.92. The lowest BCUT2D eigenvalue weighted by molar-refractivity contribution is -0.137. The topological polar surface area (TPSA) is 102 Å². The van der Waals surface area contributed by atoms with Crippen molar-refractivity contribution in [1.29, 1.82) is 5.26 Å². The zero-order chi connectivity index (χ0) is 23.4. The van der Waals surface area contributed by atoms with Crippen LogP contribution in [0.1, 0.15) is 43.4 Å². The van der Waals surface area contributed by atoms with Crippen molar-refractivity contribution in [3.05, 3.63) is 59.2 Å². The number of benzene rings is 2. The Morgan fingerprint density at radius 1 is 1.29 bits per heavy atom. The van der Waals surface area contributed by atoms with Crippen LogP contribution in [-0.2, 0) is 17.8 Å². The first kappa shape index (κ1) is 25.3. The molecule has 4 rings (SSSR count). The number of aromatic nitrogens is 2. The van der Waals surface area contributed by atoms with Gasteiger partial charge in [0.05, 0.1) is 23.1 Å². The third-order valence-electron chi connectivity index (χ3n) is 5.84. The molecule has 34 heavy (non-hydrogen) atoms. The van der Waals surface area contributed by atoms with Crippen LogP contribution in [0.2, 0.25) is 0 Å². The maximum Gasteiger partial charge on any atom is 0.303 e. The van der Waals surface area contributed by atoms with Crippen LogP contribution in [0, 0.1) is 11.3 Å². The molecule has 2 N–H and O–H groups in total. The molecule has 0 saturated heterocycles. The summed E-state index contributed by atoms with van der Waals surface area (Å²) in [6.07, 6.45) is 1.78. The number of hydrogen-bond donors (Lipinski definition) is 2. The lowest BCUT2D eigenvalue weighted by Gasteiger charge is -2.29. The summed E-state index contributed by atoms with van der Waals surface area (Å²) in [7, 11) is 0. The van der Waals surface area contributed by atoms with Crippen molar-refractivity contribution < 1.29 is 14.6 Å². The van der Waals surface area contributed by atoms with Gasteiger partial charge >= 0.3 is 5.97 Å². The number of carboxylic acid groups (broad SMARTS) is 1. The Hall–Kier alpha value is -3.34. The Morgan fingerprint density at radius 2 is 2.12 bits per heavy atom. The monoisotopic (exact) mass is 480 g/mol. The number of halogens is 1. The largest absolute Gasteiger partial charge is 0.490 e. The van der Waals surface area contributed by atoms with E-state index in [0.717, 1.165) is 48.6 Å². The van der Waals surface area contributed by atoms with Crippen molar-refractivity contribution >= 4 is 18.4 Å². The number of hydrogen-bond acceptors (Lipinski definition) is 5. The van der Waals surface area contributed by atoms with E-state index in [9.17, 15) is 10.1 Å². The van der Waals surface area contributed by atoms with Gasteiger partial charge < -0.3 is 9.84 Å². The van der Waals surface area contributed by atoms with E-state index < -0.39 is 5.97 Å². The number of nitrogens with zero attached hydrogens (tertiary/aromatic N) is 3. The average Bonchev–Trinajstić information content (AvgIpc) is 3.28. The fourth-order valence-corrected chi connectivity index (χ4v) is 4.31. The highest BCUT2D eigenvalue weighted by atomic mass is 35.5. The molecule has 8 heteroatoms. The van der Waals surface area contributed by atoms with Crippen molar-refractivity contribution in [2.75, 3.05) is 13.1 Å². The fraction of sp³-hybridized carbons (Fsp3) is 0.346. The van der Waals surface area contributed by atoms with Crippen LogP contribution in [0.5, 0.6) is 5.75 Å². The van der Waals surface area contributed by atoms with Gasteiger partial charge in [0.15, 0.2) is 0 Å². The molecular weight excluding hydrogens is 452 g/mol. The molecule has 2 heterocycles. The number of H-pyrrole nitrogens is 1. The van der Waals surface area contributed by atoms with Gasteiger partial charge in [-0.2, -0.15) is 10.4 Å². The number of nitriles is 1. The van der Waals surface area contributed by atoms with Crippen molar-refractivity contribution in [1.82, 2.24) is 15.1 Å². The maximum absolute atomic E-state index is 10.8. The molecule has 2 aromatic carbocycles. The lowest BCUT2D eigenvalue weighted by Crippen LogP contribution is -2.31. The summed E-state index contributed by atoms with van der Waals surface area (Å²) >= 11 is 0. The van der Waals surface area contributed by atoms with Crippen LogP contribution in [0.3, 0.4) is 0 Å². The Balaban J connectivity index is 0.00000324. The highest BCUT2D eigenvalue weighted by molar-refractivity contribution is 5.85. The molecule has 0 radical (unpaired) electrons. The van der Waals surface area contributed by atoms with Gasteiger partial charge in [0.1, 0.15) is 11.8 Å². The van der Waals surface area contributed by atoms with E-state index in [2.05, 4.69) is 39.4 Å². The van der Waals surface area contributed by atoms with Crippen LogP contribution in [0.4, 0.5) is 0 Å². The summed E-state index contributed by atoms with van der Waals surface area (Å²) in [5.74, 6) is -0.161. The molecule has 0 spiro atoms. The van der Waals surface area contributed by atoms with E-state index in [-0.39, 0.29) is 24.9 Å². The molecule has 3 aromatic rings. The molecule has 7 nitrogen and oxygen atoms in total. The average molecular weight is 481 g/mol. The van der Waals surface area contributed by atoms with E-state index >= 15 is 0 Å². The normalized spacial score (nSPS) is 13.1. The SMILES string of the molecule is CC(C)Oc1ccc(-c2cc(-c3cccc4c3CCN(CCCC(=O)O)C4)[nH]n2)cc1C#N.Cl. The minimum atomic E-state index is -0.742. The fourth-order valence-electron chi connectivity index (χ4n) is 4.31. The number of fused-ring (bicyclic) bond motifs is 1. The third kappa shape index (κ3) is 5.77. The van der Waals surface area contributed by atoms with Gasteiger partial charge in [-0.25, -0.2) is 0 Å². The number of ether oxygens (including phenoxy) is 1. The van der Waals surface area contributed by atoms with Crippen LogP contribution in [0.15, 0.2) is 42.5 Å². The van der Waals surface area contributed by atoms with Gasteiger partial charge in [-0.1, -0.05) is 18.2 Å². The first-order valence-corrected chi connectivity index (χ1v) is 11.3. The predicted octanol–water partition coefficient (Wildman–Crippen LogP) is 5.05. The molecule has 1 aliphatic rings. The summed E-state index contributed by atoms with van der Waals surface area (Å²) in [4.78, 5) is 13.1. The third-order valence-corrected chi connectivity index (χ3v) is 5.84. The number of aromatic amines is 1. The predicted molar refractivity (Wildman–Crippen MR) is 133 cm³/mol. The summed E-state index contributed by atoms with van der Waals surface area (Å²) in [5.41, 5.74) is 6.79. The van der Waals surface area contributed by atoms with Crippen LogP contribution in [-0.4, -0.2) is 45.4 Å². The van der Waals surface area contributed by atoms with Crippen LogP contribution < -0.4 is 4.74 Å². The quantitative estimate of drug-likeness (QED) is 0.468. The van der Waals surface area contributed by atoms with Crippen molar-refractivity contribution in [3.63, 3.8) is 0 Å². The Bertz CT molecular complexity index is 1200. The summed E-state index contributed by atoms with van der Waals surface area (Å²) in [6, 6.07) is 16.1. The molecule has 1 aromatic heterocycles. The van der Waals surface area contributed by atoms with Crippen LogP contribution in [0.25, 0.3) is 22.5 Å². The van der Waals surface area contributed by atoms with Gasteiger partial charge in [-0.05, 0) is 68.6 Å². The van der Waals surface area contributed by atoms with Gasteiger partial charge in [0.2, 0.25) is 0 Å². The number of aliphatic carboxylic acids is 1. The zero-order valence-corrected chi connectivity index (χ0v) is 20.2. The first-order valence-electron chi connectivity index (χ1n) is 11.3. The molecule has 0 unspecified atom stereocenters. The number of carbonyl (C=O) groups is 1. The van der Waals surface area contributed by atoms with Gasteiger partial charge in [-0.3, -0.25) is 14.8 Å². The smallest absolute Gasteiger partial charge is 0.303 e. The number of rotatable bonds is 8. The summed E-state index contributed by atoms with van der Waals surface area (Å²) in [5, 5.41) is 26.1. The van der Waals surface area contributed by atoms with Crippen molar-refractivity contribution in [2.45, 2.75) is 45.8 Å². The van der Waals surface area contributed by atoms with Crippen molar-refractivity contribution in [3.8, 4) is 34.3 Å². The molecule has 0 saturated carbocycles. The molecule has 0 atom stereocenters. The molecule has 0 fully saturated rings. The molecule has 0 bridgehead atoms. The molecule has 178 valence electrons. The van der Waals surface area contributed by atoms with E-state index in [0.29, 0.717) is 17.7 Å². The van der Waals surface area contributed by atoms with E-state index in [1.807, 2.05) is 38.1 Å². The van der Waals surface area contributed by atoms with Gasteiger partial charge in [0, 0.05) is 30.6 Å². The van der Waals surface area contributed by atoms with E-state index in [1.54, 1.807) is 0 Å². The second-order valence-electron chi connectivity index (χ2n) is 8.62. The standard InChI is InChI=1S/C26H28N4O3.ClH/c1-17(2)33-25-9-8-18(13-20(25)15-27)23-14-24(29-28-23)22-6-3-5-19-16-30(12-10-21(19)22)11-4-7-26(31)32;/h3,5-6,8-9,13-14,17H,4,7,10-12,16H2,1-2H3,(H,28,29)(H,31,32);1H. The van der Waals surface area contributed by atoms with Crippen LogP contribution >= 0.6 is 12.4 Å². The minimum absolute atomic E-state index is 0. The molecule has 0 amide bonds. The Morgan fingerprint density at radius 3 is 2.85 bits per heavy atom. The Labute approximate surface area is 205 Å². The minimum Gasteiger partial charge on any atom is -0.490 e. The van der Waals surface area contributed by atoms with Gasteiger partial charge in [0.25, 0.3) is 0 Å². The number of nitrogens with one attached hydrogen (secondary N) is 1. The zero-order valence-electron chi connectivity index (χ0n) is 19.4. The maximum atomic E-state index is 10.8. The van der Waals surface area contributed by atoms with Gasteiger partial charge in [-0.15, -0.1) is 12.4 Å². The van der Waals surface area contributed by atoms with E-state index in [4.69, 9.17) is 9.84 Å². The Kier molecular flexibility index (Phi) is 8.32. The molecular formula is C26H29ClN4O3. The molecule has 0 aliphatic carbocycles. The second kappa shape index (κ2) is 11.2. The number of carboxylic acids is 1. The highest BCUT2D eigenvalue weighted by Crippen LogP contribution is 2.32. The first-order chi connectivity index (χ1) is 15.9.